The number of halogens is 1. The smallest absolute Gasteiger partial charge is 0.251 e. The Labute approximate surface area is 120 Å². The molecule has 2 N–H and O–H groups in total. The van der Waals surface area contributed by atoms with Crippen molar-refractivity contribution in [3.8, 4) is 0 Å². The highest BCUT2D eigenvalue weighted by atomic mass is 35.5. The molecule has 0 radical (unpaired) electrons. The summed E-state index contributed by atoms with van der Waals surface area (Å²) < 4.78 is 5.09. The predicted molar refractivity (Wildman–Crippen MR) is 79.3 cm³/mol. The molecule has 0 spiro atoms. The maximum atomic E-state index is 12.1. The molecular weight excluding hydrogens is 264 g/mol. The number of hydrogen-bond acceptors (Lipinski definition) is 3. The number of carbonyl (C=O) groups excluding carboxylic acids is 1. The summed E-state index contributed by atoms with van der Waals surface area (Å²) in [5.74, 6) is -0.0493. The Bertz CT molecular complexity index is 461. The summed E-state index contributed by atoms with van der Waals surface area (Å²) in [4.78, 5) is 12.1. The molecular formula is C14H21ClN2O2. The van der Waals surface area contributed by atoms with Crippen LogP contribution < -0.4 is 10.6 Å². The third kappa shape index (κ3) is 3.85. The Morgan fingerprint density at radius 2 is 2.21 bits per heavy atom. The first kappa shape index (κ1) is 15.8. The van der Waals surface area contributed by atoms with Crippen LogP contribution in [-0.4, -0.2) is 31.7 Å². The van der Waals surface area contributed by atoms with Crippen LogP contribution in [0.2, 0.25) is 0 Å². The molecule has 0 saturated carbocycles. The summed E-state index contributed by atoms with van der Waals surface area (Å²) >= 11 is 0. The molecule has 0 aliphatic carbocycles. The van der Waals surface area contributed by atoms with E-state index in [0.717, 1.165) is 18.7 Å². The number of amides is 1. The highest BCUT2D eigenvalue weighted by Crippen LogP contribution is 2.23. The van der Waals surface area contributed by atoms with E-state index in [1.54, 1.807) is 7.11 Å². The van der Waals surface area contributed by atoms with Gasteiger partial charge in [-0.25, -0.2) is 0 Å². The van der Waals surface area contributed by atoms with Gasteiger partial charge in [-0.1, -0.05) is 0 Å². The van der Waals surface area contributed by atoms with Crippen LogP contribution in [0.4, 0.5) is 5.69 Å². The van der Waals surface area contributed by atoms with Gasteiger partial charge in [-0.3, -0.25) is 4.79 Å². The number of nitrogens with one attached hydrogen (secondary N) is 2. The Balaban J connectivity index is 0.00000180. The molecule has 1 aromatic carbocycles. The van der Waals surface area contributed by atoms with Gasteiger partial charge in [0.2, 0.25) is 0 Å². The Morgan fingerprint density at radius 1 is 1.47 bits per heavy atom. The molecule has 0 fully saturated rings. The van der Waals surface area contributed by atoms with Crippen molar-refractivity contribution in [2.24, 2.45) is 0 Å². The zero-order chi connectivity index (χ0) is 13.2. The molecule has 4 nitrogen and oxygen atoms in total. The van der Waals surface area contributed by atoms with Gasteiger partial charge in [0.1, 0.15) is 0 Å². The quantitative estimate of drug-likeness (QED) is 0.891. The molecule has 0 atom stereocenters. The molecule has 1 aliphatic heterocycles. The van der Waals surface area contributed by atoms with E-state index in [0.29, 0.717) is 12.2 Å². The number of methoxy groups -OCH3 is 1. The molecule has 106 valence electrons. The Morgan fingerprint density at radius 3 is 2.89 bits per heavy atom. The summed E-state index contributed by atoms with van der Waals surface area (Å²) in [6.07, 6.45) is 0.984. The van der Waals surface area contributed by atoms with Gasteiger partial charge in [0.05, 0.1) is 12.1 Å². The SMILES string of the molecule is COCC(C)(C)NC(=O)c1ccc2c(c1)CCN2.Cl. The van der Waals surface area contributed by atoms with E-state index in [1.807, 2.05) is 32.0 Å². The number of benzene rings is 1. The summed E-state index contributed by atoms with van der Waals surface area (Å²) in [5, 5.41) is 6.26. The first-order chi connectivity index (χ1) is 8.52. The molecule has 0 bridgehead atoms. The lowest BCUT2D eigenvalue weighted by molar-refractivity contribution is 0.0820. The van der Waals surface area contributed by atoms with Crippen molar-refractivity contribution in [2.45, 2.75) is 25.8 Å². The van der Waals surface area contributed by atoms with E-state index in [4.69, 9.17) is 4.74 Å². The van der Waals surface area contributed by atoms with Gasteiger partial charge in [-0.2, -0.15) is 0 Å². The molecule has 1 aliphatic rings. The van der Waals surface area contributed by atoms with Crippen molar-refractivity contribution in [3.05, 3.63) is 29.3 Å². The number of carbonyl (C=O) groups is 1. The fourth-order valence-corrected chi connectivity index (χ4v) is 2.22. The summed E-state index contributed by atoms with van der Waals surface area (Å²) in [7, 11) is 1.63. The molecule has 2 rings (SSSR count). The van der Waals surface area contributed by atoms with Gasteiger partial charge in [-0.15, -0.1) is 12.4 Å². The average Bonchev–Trinajstić information content (AvgIpc) is 2.74. The largest absolute Gasteiger partial charge is 0.384 e. The van der Waals surface area contributed by atoms with Gasteiger partial charge in [-0.05, 0) is 44.0 Å². The van der Waals surface area contributed by atoms with Crippen LogP contribution in [0, 0.1) is 0 Å². The van der Waals surface area contributed by atoms with Crippen LogP contribution in [0.3, 0.4) is 0 Å². The van der Waals surface area contributed by atoms with E-state index < -0.39 is 0 Å². The topological polar surface area (TPSA) is 50.4 Å². The van der Waals surface area contributed by atoms with E-state index >= 15 is 0 Å². The van der Waals surface area contributed by atoms with Crippen molar-refractivity contribution in [2.75, 3.05) is 25.6 Å². The van der Waals surface area contributed by atoms with Gasteiger partial charge in [0.15, 0.2) is 0 Å². The fraction of sp³-hybridized carbons (Fsp3) is 0.500. The van der Waals surface area contributed by atoms with E-state index in [1.165, 1.54) is 5.56 Å². The number of ether oxygens (including phenoxy) is 1. The number of hydrogen-bond donors (Lipinski definition) is 2. The van der Waals surface area contributed by atoms with Crippen molar-refractivity contribution in [1.82, 2.24) is 5.32 Å². The van der Waals surface area contributed by atoms with Crippen molar-refractivity contribution >= 4 is 24.0 Å². The number of anilines is 1. The lowest BCUT2D eigenvalue weighted by Crippen LogP contribution is -2.46. The minimum Gasteiger partial charge on any atom is -0.384 e. The monoisotopic (exact) mass is 284 g/mol. The normalized spacial score (nSPS) is 13.2. The second-order valence-electron chi connectivity index (χ2n) is 5.32. The lowest BCUT2D eigenvalue weighted by atomic mass is 10.0. The van der Waals surface area contributed by atoms with Gasteiger partial charge < -0.3 is 15.4 Å². The molecule has 1 aromatic rings. The highest BCUT2D eigenvalue weighted by Gasteiger charge is 2.22. The zero-order valence-corrected chi connectivity index (χ0v) is 12.4. The summed E-state index contributed by atoms with van der Waals surface area (Å²) in [5.41, 5.74) is 2.71. The minimum absolute atomic E-state index is 0. The van der Waals surface area contributed by atoms with Gasteiger partial charge >= 0.3 is 0 Å². The highest BCUT2D eigenvalue weighted by molar-refractivity contribution is 5.95. The van der Waals surface area contributed by atoms with Crippen molar-refractivity contribution in [1.29, 1.82) is 0 Å². The molecule has 5 heteroatoms. The van der Waals surface area contributed by atoms with Crippen LogP contribution >= 0.6 is 12.4 Å². The van der Waals surface area contributed by atoms with Crippen LogP contribution in [0.25, 0.3) is 0 Å². The first-order valence-corrected chi connectivity index (χ1v) is 6.20. The van der Waals surface area contributed by atoms with E-state index in [-0.39, 0.29) is 23.9 Å². The molecule has 19 heavy (non-hydrogen) atoms. The maximum absolute atomic E-state index is 12.1. The van der Waals surface area contributed by atoms with Crippen LogP contribution in [-0.2, 0) is 11.2 Å². The Kier molecular flexibility index (Phi) is 5.20. The lowest BCUT2D eigenvalue weighted by Gasteiger charge is -2.25. The standard InChI is InChI=1S/C14H20N2O2.ClH/c1-14(2,9-18-3)16-13(17)11-4-5-12-10(8-11)6-7-15-12;/h4-5,8,15H,6-7,9H2,1-3H3,(H,16,17);1H. The van der Waals surface area contributed by atoms with Crippen LogP contribution in [0.5, 0.6) is 0 Å². The van der Waals surface area contributed by atoms with Gasteiger partial charge in [0, 0.05) is 24.9 Å². The second-order valence-corrected chi connectivity index (χ2v) is 5.32. The summed E-state index contributed by atoms with van der Waals surface area (Å²) in [6, 6.07) is 5.80. The summed E-state index contributed by atoms with van der Waals surface area (Å²) in [6.45, 7) is 5.34. The van der Waals surface area contributed by atoms with Crippen LogP contribution in [0.15, 0.2) is 18.2 Å². The predicted octanol–water partition coefficient (Wildman–Crippen LogP) is 2.23. The molecule has 0 unspecified atom stereocenters. The number of rotatable bonds is 4. The van der Waals surface area contributed by atoms with Crippen molar-refractivity contribution in [3.63, 3.8) is 0 Å². The maximum Gasteiger partial charge on any atom is 0.251 e. The zero-order valence-electron chi connectivity index (χ0n) is 11.6. The third-order valence-electron chi connectivity index (χ3n) is 3.03. The third-order valence-corrected chi connectivity index (χ3v) is 3.03. The molecule has 0 saturated heterocycles. The minimum atomic E-state index is -0.358. The van der Waals surface area contributed by atoms with Crippen molar-refractivity contribution < 1.29 is 9.53 Å². The van der Waals surface area contributed by atoms with Crippen LogP contribution in [0.1, 0.15) is 29.8 Å². The Hall–Kier alpha value is -1.26. The number of fused-ring (bicyclic) bond motifs is 1. The first-order valence-electron chi connectivity index (χ1n) is 6.20. The fourth-order valence-electron chi connectivity index (χ4n) is 2.22. The molecule has 1 amide bonds. The average molecular weight is 285 g/mol. The second kappa shape index (κ2) is 6.26. The van der Waals surface area contributed by atoms with E-state index in [9.17, 15) is 4.79 Å². The van der Waals surface area contributed by atoms with Gasteiger partial charge in [0.25, 0.3) is 5.91 Å². The molecule has 0 aromatic heterocycles. The molecule has 1 heterocycles. The van der Waals surface area contributed by atoms with E-state index in [2.05, 4.69) is 10.6 Å².